The van der Waals surface area contributed by atoms with Crippen LogP contribution in [0.4, 0.5) is 0 Å². The maximum absolute atomic E-state index is 6.13. The van der Waals surface area contributed by atoms with Crippen LogP contribution in [0, 0.1) is 11.3 Å². The van der Waals surface area contributed by atoms with Gasteiger partial charge in [-0.25, -0.2) is 0 Å². The van der Waals surface area contributed by atoms with Crippen molar-refractivity contribution in [2.75, 3.05) is 11.8 Å². The Morgan fingerprint density at radius 1 is 1.31 bits per heavy atom. The fraction of sp³-hybridized carbons (Fsp3) is 0.692. The van der Waals surface area contributed by atoms with Crippen LogP contribution in [0.2, 0.25) is 0 Å². The summed E-state index contributed by atoms with van der Waals surface area (Å²) < 4.78 is 0. The summed E-state index contributed by atoms with van der Waals surface area (Å²) in [6.45, 7) is 4.47. The van der Waals surface area contributed by atoms with Gasteiger partial charge in [0.1, 0.15) is 0 Å². The Labute approximate surface area is 113 Å². The molecule has 0 aliphatic carbocycles. The summed E-state index contributed by atoms with van der Waals surface area (Å²) >= 11 is 14.0. The van der Waals surface area contributed by atoms with Crippen molar-refractivity contribution < 1.29 is 0 Å². The fourth-order valence-electron chi connectivity index (χ4n) is 2.09. The quantitative estimate of drug-likeness (QED) is 0.602. The van der Waals surface area contributed by atoms with Crippen molar-refractivity contribution in [1.29, 1.82) is 0 Å². The summed E-state index contributed by atoms with van der Waals surface area (Å²) in [4.78, 5) is 0. The minimum absolute atomic E-state index is 0.110. The SMILES string of the molecule is CC(C)CC(CCl)(CCl)CCc1ccsc1. The van der Waals surface area contributed by atoms with Crippen LogP contribution < -0.4 is 0 Å². The van der Waals surface area contributed by atoms with E-state index in [9.17, 15) is 0 Å². The molecule has 0 saturated carbocycles. The van der Waals surface area contributed by atoms with E-state index >= 15 is 0 Å². The van der Waals surface area contributed by atoms with Crippen LogP contribution >= 0.6 is 34.5 Å². The lowest BCUT2D eigenvalue weighted by atomic mass is 9.79. The smallest absolute Gasteiger partial charge is 0.0291 e. The molecule has 0 saturated heterocycles. The number of alkyl halides is 2. The maximum Gasteiger partial charge on any atom is 0.0291 e. The molecule has 0 amide bonds. The van der Waals surface area contributed by atoms with Gasteiger partial charge in [0.25, 0.3) is 0 Å². The summed E-state index contributed by atoms with van der Waals surface area (Å²) in [5.41, 5.74) is 1.52. The Kier molecular flexibility index (Phi) is 6.17. The van der Waals surface area contributed by atoms with Crippen molar-refractivity contribution in [3.63, 3.8) is 0 Å². The Bertz CT molecular complexity index is 276. The molecule has 0 aromatic carbocycles. The molecule has 0 fully saturated rings. The number of thiophene rings is 1. The minimum atomic E-state index is 0.110. The molecule has 0 N–H and O–H groups in total. The topological polar surface area (TPSA) is 0 Å². The molecule has 0 nitrogen and oxygen atoms in total. The standard InChI is InChI=1S/C13H20Cl2S/c1-11(2)7-13(9-14,10-15)5-3-12-4-6-16-8-12/h4,6,8,11H,3,5,7,9-10H2,1-2H3. The molecule has 0 spiro atoms. The van der Waals surface area contributed by atoms with E-state index in [-0.39, 0.29) is 5.41 Å². The van der Waals surface area contributed by atoms with E-state index in [1.165, 1.54) is 5.56 Å². The van der Waals surface area contributed by atoms with Gasteiger partial charge in [0.05, 0.1) is 0 Å². The molecule has 1 aromatic heterocycles. The van der Waals surface area contributed by atoms with Gasteiger partial charge < -0.3 is 0 Å². The highest BCUT2D eigenvalue weighted by atomic mass is 35.5. The zero-order valence-electron chi connectivity index (χ0n) is 10.0. The van der Waals surface area contributed by atoms with E-state index in [4.69, 9.17) is 23.2 Å². The number of hydrogen-bond acceptors (Lipinski definition) is 1. The molecule has 3 heteroatoms. The van der Waals surface area contributed by atoms with Gasteiger partial charge in [-0.2, -0.15) is 11.3 Å². The molecule has 1 aromatic rings. The van der Waals surface area contributed by atoms with Gasteiger partial charge in [0, 0.05) is 11.8 Å². The average Bonchev–Trinajstić information content (AvgIpc) is 2.77. The second kappa shape index (κ2) is 6.88. The van der Waals surface area contributed by atoms with Crippen LogP contribution in [0.3, 0.4) is 0 Å². The minimum Gasteiger partial charge on any atom is -0.152 e. The highest BCUT2D eigenvalue weighted by molar-refractivity contribution is 7.07. The zero-order chi connectivity index (χ0) is 12.0. The molecule has 0 aliphatic rings. The molecular formula is C13H20Cl2S. The summed E-state index contributed by atoms with van der Waals surface area (Å²) in [7, 11) is 0. The molecule has 1 heterocycles. The van der Waals surface area contributed by atoms with Gasteiger partial charge in [-0.15, -0.1) is 23.2 Å². The third-order valence-electron chi connectivity index (χ3n) is 2.93. The monoisotopic (exact) mass is 278 g/mol. The Morgan fingerprint density at radius 3 is 2.44 bits per heavy atom. The largest absolute Gasteiger partial charge is 0.152 e. The van der Waals surface area contributed by atoms with E-state index in [1.807, 2.05) is 0 Å². The van der Waals surface area contributed by atoms with Crippen molar-refractivity contribution in [1.82, 2.24) is 0 Å². The maximum atomic E-state index is 6.13. The second-order valence-corrected chi connectivity index (χ2v) is 6.31. The fourth-order valence-corrected chi connectivity index (χ4v) is 3.57. The highest BCUT2D eigenvalue weighted by Crippen LogP contribution is 2.34. The first kappa shape index (κ1) is 14.3. The summed E-state index contributed by atoms with van der Waals surface area (Å²) in [6.07, 6.45) is 3.30. The van der Waals surface area contributed by atoms with E-state index in [0.29, 0.717) is 17.7 Å². The van der Waals surface area contributed by atoms with Gasteiger partial charge in [-0.3, -0.25) is 0 Å². The normalized spacial score (nSPS) is 12.3. The highest BCUT2D eigenvalue weighted by Gasteiger charge is 2.29. The van der Waals surface area contributed by atoms with Gasteiger partial charge >= 0.3 is 0 Å². The number of rotatable bonds is 7. The van der Waals surface area contributed by atoms with Crippen molar-refractivity contribution >= 4 is 34.5 Å². The third kappa shape index (κ3) is 4.27. The first-order valence-electron chi connectivity index (χ1n) is 5.75. The molecule has 0 unspecified atom stereocenters. The predicted octanol–water partition coefficient (Wildman–Crippen LogP) is 5.19. The van der Waals surface area contributed by atoms with Crippen molar-refractivity contribution in [2.45, 2.75) is 33.1 Å². The van der Waals surface area contributed by atoms with Gasteiger partial charge in [0.15, 0.2) is 0 Å². The predicted molar refractivity (Wildman–Crippen MR) is 76.0 cm³/mol. The summed E-state index contributed by atoms with van der Waals surface area (Å²) in [6, 6.07) is 2.19. The Balaban J connectivity index is 2.56. The van der Waals surface area contributed by atoms with E-state index in [2.05, 4.69) is 30.7 Å². The number of aryl methyl sites for hydroxylation is 1. The Hall–Kier alpha value is 0.280. The zero-order valence-corrected chi connectivity index (χ0v) is 12.3. The molecular weight excluding hydrogens is 259 g/mol. The second-order valence-electron chi connectivity index (χ2n) is 5.00. The van der Waals surface area contributed by atoms with E-state index in [1.54, 1.807) is 11.3 Å². The number of halogens is 2. The Morgan fingerprint density at radius 2 is 2.00 bits per heavy atom. The van der Waals surface area contributed by atoms with Crippen LogP contribution in [0.25, 0.3) is 0 Å². The first-order chi connectivity index (χ1) is 7.62. The van der Waals surface area contributed by atoms with Gasteiger partial charge in [-0.05, 0) is 53.0 Å². The summed E-state index contributed by atoms with van der Waals surface area (Å²) in [5.74, 6) is 1.98. The van der Waals surface area contributed by atoms with E-state index in [0.717, 1.165) is 19.3 Å². The van der Waals surface area contributed by atoms with Crippen molar-refractivity contribution in [2.24, 2.45) is 11.3 Å². The number of hydrogen-bond donors (Lipinski definition) is 0. The molecule has 0 aliphatic heterocycles. The molecule has 1 rings (SSSR count). The lowest BCUT2D eigenvalue weighted by Gasteiger charge is -2.31. The van der Waals surface area contributed by atoms with Crippen molar-refractivity contribution in [3.05, 3.63) is 22.4 Å². The molecule has 0 radical (unpaired) electrons. The molecule has 92 valence electrons. The lowest BCUT2D eigenvalue weighted by Crippen LogP contribution is -2.28. The average molecular weight is 279 g/mol. The lowest BCUT2D eigenvalue weighted by molar-refractivity contribution is 0.276. The van der Waals surface area contributed by atoms with Crippen LogP contribution in [0.5, 0.6) is 0 Å². The molecule has 0 atom stereocenters. The third-order valence-corrected chi connectivity index (χ3v) is 4.80. The molecule has 0 bridgehead atoms. The van der Waals surface area contributed by atoms with Crippen LogP contribution in [-0.4, -0.2) is 11.8 Å². The van der Waals surface area contributed by atoms with Crippen LogP contribution in [-0.2, 0) is 6.42 Å². The van der Waals surface area contributed by atoms with Crippen LogP contribution in [0.15, 0.2) is 16.8 Å². The van der Waals surface area contributed by atoms with Crippen LogP contribution in [0.1, 0.15) is 32.3 Å². The first-order valence-corrected chi connectivity index (χ1v) is 7.76. The van der Waals surface area contributed by atoms with E-state index < -0.39 is 0 Å². The summed E-state index contributed by atoms with van der Waals surface area (Å²) in [5, 5.41) is 4.34. The van der Waals surface area contributed by atoms with Crippen molar-refractivity contribution in [3.8, 4) is 0 Å². The van der Waals surface area contributed by atoms with Gasteiger partial charge in [-0.1, -0.05) is 13.8 Å². The van der Waals surface area contributed by atoms with Gasteiger partial charge in [0.2, 0.25) is 0 Å². The molecule has 16 heavy (non-hydrogen) atoms.